The third-order valence-electron chi connectivity index (χ3n) is 2.26. The summed E-state index contributed by atoms with van der Waals surface area (Å²) in [7, 11) is -3.78. The summed E-state index contributed by atoms with van der Waals surface area (Å²) in [6.07, 6.45) is 0. The Balaban J connectivity index is 2.35. The first-order valence-corrected chi connectivity index (χ1v) is 8.30. The molecule has 1 heterocycles. The summed E-state index contributed by atoms with van der Waals surface area (Å²) in [6.45, 7) is 1.73. The zero-order valence-corrected chi connectivity index (χ0v) is 13.3. The molecule has 0 aliphatic rings. The number of sulfonamides is 1. The third-order valence-corrected chi connectivity index (χ3v) is 5.02. The molecule has 0 atom stereocenters. The van der Waals surface area contributed by atoms with Crippen LogP contribution >= 0.6 is 35.2 Å². The van der Waals surface area contributed by atoms with Crippen LogP contribution in [-0.4, -0.2) is 23.6 Å². The quantitative estimate of drug-likeness (QED) is 0.819. The molecule has 0 fully saturated rings. The molecule has 0 bridgehead atoms. The van der Waals surface area contributed by atoms with Crippen LogP contribution in [0, 0.1) is 6.92 Å². The van der Waals surface area contributed by atoms with Gasteiger partial charge in [-0.1, -0.05) is 35.2 Å². The van der Waals surface area contributed by atoms with Crippen LogP contribution in [0.3, 0.4) is 0 Å². The van der Waals surface area contributed by atoms with E-state index < -0.39 is 10.0 Å². The van der Waals surface area contributed by atoms with E-state index in [1.807, 2.05) is 0 Å². The van der Waals surface area contributed by atoms with Crippen molar-refractivity contribution in [1.82, 2.24) is 10.2 Å². The van der Waals surface area contributed by atoms with Crippen LogP contribution in [-0.2, 0) is 10.0 Å². The summed E-state index contributed by atoms with van der Waals surface area (Å²) in [5, 5.41) is 8.45. The summed E-state index contributed by atoms with van der Waals surface area (Å²) < 4.78 is 26.6. The average molecular weight is 349 g/mol. The maximum absolute atomic E-state index is 12.1. The number of benzene rings is 1. The first-order chi connectivity index (χ1) is 9.29. The summed E-state index contributed by atoms with van der Waals surface area (Å²) in [5.74, 6) is 0. The Labute approximate surface area is 130 Å². The van der Waals surface area contributed by atoms with Gasteiger partial charge in [0.1, 0.15) is 10.00 Å². The van der Waals surface area contributed by atoms with E-state index in [0.717, 1.165) is 11.3 Å². The molecule has 0 saturated heterocycles. The van der Waals surface area contributed by atoms with Gasteiger partial charge in [0.15, 0.2) is 0 Å². The molecule has 1 aromatic heterocycles. The Hall–Kier alpha value is -1.29. The van der Waals surface area contributed by atoms with Gasteiger partial charge >= 0.3 is 0 Å². The smallest absolute Gasteiger partial charge is 0.263 e. The standard InChI is InChI=1S/C10H9ClN4O2S3/c1-5-13-14-10(19-5)15-20(16,17)6-2-3-7(9(12)18)8(11)4-6/h2-4H,1H3,(H2,12,18)(H,14,15). The molecular formula is C10H9ClN4O2S3. The minimum Gasteiger partial charge on any atom is -0.389 e. The lowest BCUT2D eigenvalue weighted by molar-refractivity contribution is 0.601. The molecule has 20 heavy (non-hydrogen) atoms. The Morgan fingerprint density at radius 3 is 2.65 bits per heavy atom. The monoisotopic (exact) mass is 348 g/mol. The van der Waals surface area contributed by atoms with Gasteiger partial charge < -0.3 is 5.73 Å². The Kier molecular flexibility index (Phi) is 4.23. The van der Waals surface area contributed by atoms with E-state index in [4.69, 9.17) is 29.6 Å². The van der Waals surface area contributed by atoms with E-state index >= 15 is 0 Å². The predicted octanol–water partition coefficient (Wildman–Crippen LogP) is 1.93. The van der Waals surface area contributed by atoms with E-state index in [1.54, 1.807) is 6.92 Å². The normalized spacial score (nSPS) is 11.3. The second-order valence-corrected chi connectivity index (χ2v) is 7.45. The van der Waals surface area contributed by atoms with Crippen molar-refractivity contribution in [1.29, 1.82) is 0 Å². The van der Waals surface area contributed by atoms with Crippen molar-refractivity contribution in [2.75, 3.05) is 4.72 Å². The molecule has 1 aromatic carbocycles. The van der Waals surface area contributed by atoms with Gasteiger partial charge in [0.05, 0.1) is 9.92 Å². The third kappa shape index (κ3) is 3.23. The first kappa shape index (κ1) is 15.1. The zero-order valence-electron chi connectivity index (χ0n) is 10.1. The van der Waals surface area contributed by atoms with Gasteiger partial charge in [-0.05, 0) is 25.1 Å². The maximum atomic E-state index is 12.1. The predicted molar refractivity (Wildman–Crippen MR) is 82.8 cm³/mol. The number of nitrogens with zero attached hydrogens (tertiary/aromatic N) is 2. The van der Waals surface area contributed by atoms with Crippen LogP contribution in [0.15, 0.2) is 23.1 Å². The van der Waals surface area contributed by atoms with Crippen molar-refractivity contribution >= 4 is 55.3 Å². The van der Waals surface area contributed by atoms with Gasteiger partial charge in [0, 0.05) is 5.56 Å². The molecule has 2 aromatic rings. The maximum Gasteiger partial charge on any atom is 0.263 e. The van der Waals surface area contributed by atoms with Crippen LogP contribution < -0.4 is 10.5 Å². The van der Waals surface area contributed by atoms with Crippen LogP contribution in [0.4, 0.5) is 5.13 Å². The highest BCUT2D eigenvalue weighted by molar-refractivity contribution is 7.93. The van der Waals surface area contributed by atoms with Gasteiger partial charge in [0.25, 0.3) is 10.0 Å². The van der Waals surface area contributed by atoms with Gasteiger partial charge in [-0.3, -0.25) is 4.72 Å². The molecule has 0 unspecified atom stereocenters. The molecule has 10 heteroatoms. The van der Waals surface area contributed by atoms with E-state index in [1.165, 1.54) is 18.2 Å². The number of halogens is 1. The first-order valence-electron chi connectivity index (χ1n) is 5.22. The minimum absolute atomic E-state index is 0.00430. The molecule has 0 spiro atoms. The number of nitrogens with two attached hydrogens (primary N) is 1. The molecular weight excluding hydrogens is 340 g/mol. The number of hydrogen-bond acceptors (Lipinski definition) is 6. The van der Waals surface area contributed by atoms with Crippen molar-refractivity contribution in [3.05, 3.63) is 33.8 Å². The fraction of sp³-hybridized carbons (Fsp3) is 0.100. The van der Waals surface area contributed by atoms with E-state index in [2.05, 4.69) is 14.9 Å². The van der Waals surface area contributed by atoms with E-state index in [0.29, 0.717) is 10.6 Å². The lowest BCUT2D eigenvalue weighted by Gasteiger charge is -2.07. The largest absolute Gasteiger partial charge is 0.389 e. The lowest BCUT2D eigenvalue weighted by Crippen LogP contribution is -2.14. The number of nitrogens with one attached hydrogen (secondary N) is 1. The summed E-state index contributed by atoms with van der Waals surface area (Å²) in [5.41, 5.74) is 5.89. The van der Waals surface area contributed by atoms with Crippen LogP contribution in [0.25, 0.3) is 0 Å². The van der Waals surface area contributed by atoms with Gasteiger partial charge in [-0.25, -0.2) is 8.42 Å². The molecule has 0 radical (unpaired) electrons. The van der Waals surface area contributed by atoms with Crippen molar-refractivity contribution in [3.8, 4) is 0 Å². The minimum atomic E-state index is -3.78. The molecule has 0 aliphatic carbocycles. The number of rotatable bonds is 4. The average Bonchev–Trinajstić information content (AvgIpc) is 2.73. The van der Waals surface area contributed by atoms with Crippen molar-refractivity contribution < 1.29 is 8.42 Å². The number of aryl methyl sites for hydroxylation is 1. The van der Waals surface area contributed by atoms with Crippen molar-refractivity contribution in [3.63, 3.8) is 0 Å². The van der Waals surface area contributed by atoms with Crippen LogP contribution in [0.1, 0.15) is 10.6 Å². The molecule has 0 aliphatic heterocycles. The molecule has 6 nitrogen and oxygen atoms in total. The van der Waals surface area contributed by atoms with Gasteiger partial charge in [-0.2, -0.15) is 0 Å². The van der Waals surface area contributed by atoms with Crippen LogP contribution in [0.5, 0.6) is 0 Å². The number of thiocarbonyl (C=S) groups is 1. The second kappa shape index (κ2) is 5.60. The summed E-state index contributed by atoms with van der Waals surface area (Å²) >= 11 is 11.9. The lowest BCUT2D eigenvalue weighted by atomic mass is 10.2. The zero-order chi connectivity index (χ0) is 14.9. The number of aromatic nitrogens is 2. The van der Waals surface area contributed by atoms with Crippen molar-refractivity contribution in [2.24, 2.45) is 5.73 Å². The Bertz CT molecular complexity index is 773. The highest BCUT2D eigenvalue weighted by Gasteiger charge is 2.18. The highest BCUT2D eigenvalue weighted by Crippen LogP contribution is 2.23. The summed E-state index contributed by atoms with van der Waals surface area (Å²) in [6, 6.07) is 4.12. The van der Waals surface area contributed by atoms with E-state index in [-0.39, 0.29) is 20.0 Å². The molecule has 0 saturated carbocycles. The Morgan fingerprint density at radius 1 is 1.45 bits per heavy atom. The topological polar surface area (TPSA) is 98.0 Å². The fourth-order valence-corrected chi connectivity index (χ4v) is 3.80. The molecule has 0 amide bonds. The molecule has 2 rings (SSSR count). The van der Waals surface area contributed by atoms with Crippen molar-refractivity contribution in [2.45, 2.75) is 11.8 Å². The van der Waals surface area contributed by atoms with Crippen LogP contribution in [0.2, 0.25) is 5.02 Å². The van der Waals surface area contributed by atoms with Gasteiger partial charge in [-0.15, -0.1) is 10.2 Å². The second-order valence-electron chi connectivity index (χ2n) is 3.74. The Morgan fingerprint density at radius 2 is 2.15 bits per heavy atom. The van der Waals surface area contributed by atoms with E-state index in [9.17, 15) is 8.42 Å². The fourth-order valence-electron chi connectivity index (χ4n) is 1.37. The highest BCUT2D eigenvalue weighted by atomic mass is 35.5. The molecule has 3 N–H and O–H groups in total. The van der Waals surface area contributed by atoms with Gasteiger partial charge in [0.2, 0.25) is 5.13 Å². The molecule has 106 valence electrons. The SMILES string of the molecule is Cc1nnc(NS(=O)(=O)c2ccc(C(N)=S)c(Cl)c2)s1. The number of hydrogen-bond donors (Lipinski definition) is 2. The number of anilines is 1. The summed E-state index contributed by atoms with van der Waals surface area (Å²) in [4.78, 5) is 0.0991.